The van der Waals surface area contributed by atoms with Crippen LogP contribution in [-0.4, -0.2) is 25.2 Å². The molecule has 0 heterocycles. The molecule has 0 radical (unpaired) electrons. The van der Waals surface area contributed by atoms with Gasteiger partial charge in [-0.2, -0.15) is 0 Å². The number of nitrogens with one attached hydrogen (secondary N) is 1. The molecule has 1 unspecified atom stereocenters. The predicted molar refractivity (Wildman–Crippen MR) is 61.3 cm³/mol. The van der Waals surface area contributed by atoms with Crippen LogP contribution < -0.4 is 10.1 Å². The van der Waals surface area contributed by atoms with Crippen LogP contribution in [0.4, 0.5) is 0 Å². The maximum atomic E-state index is 11.0. The third kappa shape index (κ3) is 3.55. The molecule has 0 fully saturated rings. The van der Waals surface area contributed by atoms with Crippen LogP contribution in [0.15, 0.2) is 24.3 Å². The van der Waals surface area contributed by atoms with Crippen LogP contribution in [0.1, 0.15) is 24.5 Å². The molecule has 4 heteroatoms. The quantitative estimate of drug-likeness (QED) is 0.790. The van der Waals surface area contributed by atoms with E-state index in [1.807, 2.05) is 0 Å². The van der Waals surface area contributed by atoms with Crippen LogP contribution in [0.25, 0.3) is 0 Å². The van der Waals surface area contributed by atoms with Crippen molar-refractivity contribution in [3.8, 4) is 5.75 Å². The Hall–Kier alpha value is -1.55. The van der Waals surface area contributed by atoms with Crippen molar-refractivity contribution < 1.29 is 14.6 Å². The second kappa shape index (κ2) is 6.12. The van der Waals surface area contributed by atoms with Crippen LogP contribution in [0, 0.1) is 0 Å². The standard InChI is InChI=1S/C12H17NO3/c1-13-12(15)8-7-11(14)9-3-5-10(16-2)6-4-9/h3-6,11,14H,7-8H2,1-2H3,(H,13,15). The molecule has 16 heavy (non-hydrogen) atoms. The van der Waals surface area contributed by atoms with Gasteiger partial charge in [-0.05, 0) is 24.1 Å². The van der Waals surface area contributed by atoms with Crippen molar-refractivity contribution in [2.45, 2.75) is 18.9 Å². The van der Waals surface area contributed by atoms with Gasteiger partial charge in [0.2, 0.25) is 5.91 Å². The Kier molecular flexibility index (Phi) is 4.79. The Morgan fingerprint density at radius 3 is 2.56 bits per heavy atom. The van der Waals surface area contributed by atoms with Crippen LogP contribution in [0.5, 0.6) is 5.75 Å². The number of amides is 1. The maximum Gasteiger partial charge on any atom is 0.219 e. The van der Waals surface area contributed by atoms with Gasteiger partial charge in [0.05, 0.1) is 13.2 Å². The molecular formula is C12H17NO3. The van der Waals surface area contributed by atoms with E-state index in [1.54, 1.807) is 38.4 Å². The molecule has 0 bridgehead atoms. The van der Waals surface area contributed by atoms with E-state index >= 15 is 0 Å². The number of benzene rings is 1. The summed E-state index contributed by atoms with van der Waals surface area (Å²) in [6.07, 6.45) is 0.138. The second-order valence-electron chi connectivity index (χ2n) is 3.50. The van der Waals surface area contributed by atoms with E-state index in [0.29, 0.717) is 12.8 Å². The van der Waals surface area contributed by atoms with Crippen molar-refractivity contribution >= 4 is 5.91 Å². The van der Waals surface area contributed by atoms with Gasteiger partial charge in [-0.15, -0.1) is 0 Å². The average molecular weight is 223 g/mol. The highest BCUT2D eigenvalue weighted by Gasteiger charge is 2.09. The summed E-state index contributed by atoms with van der Waals surface area (Å²) in [4.78, 5) is 11.0. The fourth-order valence-corrected chi connectivity index (χ4v) is 1.39. The van der Waals surface area contributed by atoms with Crippen molar-refractivity contribution in [3.63, 3.8) is 0 Å². The minimum Gasteiger partial charge on any atom is -0.497 e. The van der Waals surface area contributed by atoms with Crippen LogP contribution >= 0.6 is 0 Å². The highest BCUT2D eigenvalue weighted by Crippen LogP contribution is 2.20. The Morgan fingerprint density at radius 1 is 1.44 bits per heavy atom. The number of methoxy groups -OCH3 is 1. The van der Waals surface area contributed by atoms with Gasteiger partial charge in [0.1, 0.15) is 5.75 Å². The third-order valence-corrected chi connectivity index (χ3v) is 2.42. The molecule has 1 amide bonds. The van der Waals surface area contributed by atoms with Crippen LogP contribution in [-0.2, 0) is 4.79 Å². The van der Waals surface area contributed by atoms with E-state index in [9.17, 15) is 9.90 Å². The second-order valence-corrected chi connectivity index (χ2v) is 3.50. The van der Waals surface area contributed by atoms with E-state index in [0.717, 1.165) is 11.3 Å². The molecule has 0 aliphatic carbocycles. The zero-order chi connectivity index (χ0) is 12.0. The van der Waals surface area contributed by atoms with Crippen LogP contribution in [0.3, 0.4) is 0 Å². The molecule has 88 valence electrons. The van der Waals surface area contributed by atoms with Gasteiger partial charge in [0, 0.05) is 13.5 Å². The molecular weight excluding hydrogens is 206 g/mol. The van der Waals surface area contributed by atoms with Crippen molar-refractivity contribution in [1.82, 2.24) is 5.32 Å². The minimum absolute atomic E-state index is 0.0624. The lowest BCUT2D eigenvalue weighted by molar-refractivity contribution is -0.121. The average Bonchev–Trinajstić information content (AvgIpc) is 2.35. The van der Waals surface area contributed by atoms with Gasteiger partial charge in [-0.25, -0.2) is 0 Å². The summed E-state index contributed by atoms with van der Waals surface area (Å²) in [6, 6.07) is 7.18. The Morgan fingerprint density at radius 2 is 2.06 bits per heavy atom. The van der Waals surface area contributed by atoms with Crippen molar-refractivity contribution in [2.24, 2.45) is 0 Å². The monoisotopic (exact) mass is 223 g/mol. The molecule has 4 nitrogen and oxygen atoms in total. The number of carbonyl (C=O) groups excluding carboxylic acids is 1. The highest BCUT2D eigenvalue weighted by atomic mass is 16.5. The van der Waals surface area contributed by atoms with Gasteiger partial charge in [0.25, 0.3) is 0 Å². The van der Waals surface area contributed by atoms with Gasteiger partial charge >= 0.3 is 0 Å². The number of rotatable bonds is 5. The molecule has 0 saturated carbocycles. The van der Waals surface area contributed by atoms with E-state index in [-0.39, 0.29) is 5.91 Å². The molecule has 0 spiro atoms. The molecule has 2 N–H and O–H groups in total. The van der Waals surface area contributed by atoms with E-state index in [1.165, 1.54) is 0 Å². The van der Waals surface area contributed by atoms with Gasteiger partial charge in [-0.3, -0.25) is 4.79 Å². The Balaban J connectivity index is 2.52. The molecule has 1 aromatic carbocycles. The number of ether oxygens (including phenoxy) is 1. The number of aliphatic hydroxyl groups is 1. The first-order chi connectivity index (χ1) is 7.67. The minimum atomic E-state index is -0.608. The summed E-state index contributed by atoms with van der Waals surface area (Å²) < 4.78 is 5.02. The summed E-state index contributed by atoms with van der Waals surface area (Å²) in [6.45, 7) is 0. The summed E-state index contributed by atoms with van der Waals surface area (Å²) in [7, 11) is 3.18. The fraction of sp³-hybridized carbons (Fsp3) is 0.417. The molecule has 0 aromatic heterocycles. The van der Waals surface area contributed by atoms with Crippen molar-refractivity contribution in [3.05, 3.63) is 29.8 Å². The largest absolute Gasteiger partial charge is 0.497 e. The molecule has 0 aliphatic rings. The molecule has 1 aromatic rings. The normalized spacial score (nSPS) is 11.9. The maximum absolute atomic E-state index is 11.0. The zero-order valence-corrected chi connectivity index (χ0v) is 9.56. The van der Waals surface area contributed by atoms with Crippen molar-refractivity contribution in [2.75, 3.05) is 14.2 Å². The summed E-state index contributed by atoms with van der Waals surface area (Å²) in [5.74, 6) is 0.690. The van der Waals surface area contributed by atoms with Crippen molar-refractivity contribution in [1.29, 1.82) is 0 Å². The fourth-order valence-electron chi connectivity index (χ4n) is 1.39. The van der Waals surface area contributed by atoms with Crippen LogP contribution in [0.2, 0.25) is 0 Å². The molecule has 0 saturated heterocycles. The zero-order valence-electron chi connectivity index (χ0n) is 9.56. The van der Waals surface area contributed by atoms with E-state index in [2.05, 4.69) is 5.32 Å². The number of hydrogen-bond acceptors (Lipinski definition) is 3. The molecule has 1 atom stereocenters. The smallest absolute Gasteiger partial charge is 0.219 e. The molecule has 0 aliphatic heterocycles. The van der Waals surface area contributed by atoms with Gasteiger partial charge < -0.3 is 15.2 Å². The molecule has 1 rings (SSSR count). The predicted octanol–water partition coefficient (Wildman–Crippen LogP) is 1.25. The number of aliphatic hydroxyl groups excluding tert-OH is 1. The first-order valence-electron chi connectivity index (χ1n) is 5.20. The number of carbonyl (C=O) groups is 1. The highest BCUT2D eigenvalue weighted by molar-refractivity contribution is 5.75. The lowest BCUT2D eigenvalue weighted by Crippen LogP contribution is -2.18. The lowest BCUT2D eigenvalue weighted by atomic mass is 10.0. The van der Waals surface area contributed by atoms with E-state index in [4.69, 9.17) is 4.74 Å². The lowest BCUT2D eigenvalue weighted by Gasteiger charge is -2.10. The SMILES string of the molecule is CNC(=O)CCC(O)c1ccc(OC)cc1. The Labute approximate surface area is 95.2 Å². The van der Waals surface area contributed by atoms with Gasteiger partial charge in [-0.1, -0.05) is 12.1 Å². The number of hydrogen-bond donors (Lipinski definition) is 2. The Bertz CT molecular complexity index is 335. The topological polar surface area (TPSA) is 58.6 Å². The van der Waals surface area contributed by atoms with E-state index < -0.39 is 6.10 Å². The summed E-state index contributed by atoms with van der Waals surface area (Å²) in [5, 5.41) is 12.3. The van der Waals surface area contributed by atoms with Gasteiger partial charge in [0.15, 0.2) is 0 Å². The first kappa shape index (κ1) is 12.5. The first-order valence-corrected chi connectivity index (χ1v) is 5.20. The summed E-state index contributed by atoms with van der Waals surface area (Å²) in [5.41, 5.74) is 0.796. The third-order valence-electron chi connectivity index (χ3n) is 2.42. The summed E-state index contributed by atoms with van der Waals surface area (Å²) >= 11 is 0.